The molecule has 194 valence electrons. The van der Waals surface area contributed by atoms with Crippen molar-refractivity contribution in [3.05, 3.63) is 82.2 Å². The van der Waals surface area contributed by atoms with Crippen LogP contribution in [0.5, 0.6) is 0 Å². The van der Waals surface area contributed by atoms with Gasteiger partial charge in [0.15, 0.2) is 0 Å². The molecule has 2 aromatic carbocycles. The van der Waals surface area contributed by atoms with Gasteiger partial charge in [0.1, 0.15) is 0 Å². The second-order valence-corrected chi connectivity index (χ2v) is 8.79. The highest BCUT2D eigenvalue weighted by Gasteiger charge is 2.21. The fourth-order valence-electron chi connectivity index (χ4n) is 4.09. The van der Waals surface area contributed by atoms with Gasteiger partial charge in [-0.05, 0) is 65.3 Å². The number of anilines is 1. The molecule has 0 aliphatic carbocycles. The van der Waals surface area contributed by atoms with Crippen LogP contribution in [0.1, 0.15) is 52.3 Å². The highest BCUT2D eigenvalue weighted by atomic mass is 35.5. The molecule has 36 heavy (non-hydrogen) atoms. The lowest BCUT2D eigenvalue weighted by atomic mass is 9.88. The van der Waals surface area contributed by atoms with Crippen LogP contribution in [-0.2, 0) is 30.7 Å². The van der Waals surface area contributed by atoms with E-state index in [-0.39, 0.29) is 42.7 Å². The number of carboxylic acid groups (broad SMARTS) is 1. The first-order valence-corrected chi connectivity index (χ1v) is 11.4. The number of nitrogens with one attached hydrogen (secondary N) is 1. The lowest BCUT2D eigenvalue weighted by molar-refractivity contribution is -0.115. The number of pyridine rings is 1. The van der Waals surface area contributed by atoms with Crippen LogP contribution in [0.2, 0.25) is 0 Å². The summed E-state index contributed by atoms with van der Waals surface area (Å²) in [6.45, 7) is 6.94. The van der Waals surface area contributed by atoms with Crippen molar-refractivity contribution in [2.45, 2.75) is 46.7 Å². The largest absolute Gasteiger partial charge is 0.478 e. The van der Waals surface area contributed by atoms with E-state index in [1.54, 1.807) is 12.1 Å². The summed E-state index contributed by atoms with van der Waals surface area (Å²) in [6.07, 6.45) is 0.870. The minimum atomic E-state index is -1.05. The van der Waals surface area contributed by atoms with Crippen molar-refractivity contribution in [3.63, 3.8) is 0 Å². The Kier molecular flexibility index (Phi) is 12.0. The van der Waals surface area contributed by atoms with Crippen LogP contribution in [-0.4, -0.2) is 22.0 Å². The number of carbonyl (C=O) groups is 2. The quantitative estimate of drug-likeness (QED) is 0.310. The van der Waals surface area contributed by atoms with E-state index < -0.39 is 5.97 Å². The Bertz CT molecular complexity index is 1200. The maximum atomic E-state index is 13.0. The first-order valence-electron chi connectivity index (χ1n) is 11.4. The van der Waals surface area contributed by atoms with Gasteiger partial charge in [0.2, 0.25) is 5.91 Å². The molecule has 3 rings (SSSR count). The number of nitrogens with two attached hydrogens (primary N) is 2. The van der Waals surface area contributed by atoms with Gasteiger partial charge < -0.3 is 21.9 Å². The SMILES string of the molecule is Cc1nc(CC(C)C)c(CN)c(-c2ccc(CN)cc2)c1CC(=O)Nc1cccc(C(=O)O)c1.Cl.Cl. The number of benzene rings is 2. The van der Waals surface area contributed by atoms with E-state index >= 15 is 0 Å². The third-order valence-electron chi connectivity index (χ3n) is 5.71. The summed E-state index contributed by atoms with van der Waals surface area (Å²) >= 11 is 0. The van der Waals surface area contributed by atoms with E-state index in [0.717, 1.165) is 45.6 Å². The molecule has 0 spiro atoms. The van der Waals surface area contributed by atoms with Gasteiger partial charge in [-0.2, -0.15) is 0 Å². The third kappa shape index (κ3) is 7.51. The molecule has 9 heteroatoms. The zero-order chi connectivity index (χ0) is 24.8. The predicted octanol–water partition coefficient (Wildman–Crippen LogP) is 4.90. The molecule has 1 aromatic heterocycles. The highest BCUT2D eigenvalue weighted by molar-refractivity contribution is 5.96. The lowest BCUT2D eigenvalue weighted by Crippen LogP contribution is -2.19. The van der Waals surface area contributed by atoms with E-state index in [1.165, 1.54) is 12.1 Å². The highest BCUT2D eigenvalue weighted by Crippen LogP contribution is 2.33. The fraction of sp³-hybridized carbons (Fsp3) is 0.296. The number of carbonyl (C=O) groups excluding carboxylic acids is 1. The number of rotatable bonds is 9. The van der Waals surface area contributed by atoms with Crippen LogP contribution in [0.15, 0.2) is 48.5 Å². The number of hydrogen-bond donors (Lipinski definition) is 4. The monoisotopic (exact) mass is 532 g/mol. The first-order chi connectivity index (χ1) is 16.2. The second-order valence-electron chi connectivity index (χ2n) is 8.79. The first kappa shape index (κ1) is 31.1. The summed E-state index contributed by atoms with van der Waals surface area (Å²) in [4.78, 5) is 29.1. The number of halogens is 2. The summed E-state index contributed by atoms with van der Waals surface area (Å²) in [6, 6.07) is 14.2. The van der Waals surface area contributed by atoms with Gasteiger partial charge >= 0.3 is 5.97 Å². The molecular weight excluding hydrogens is 499 g/mol. The molecule has 7 nitrogen and oxygen atoms in total. The molecule has 6 N–H and O–H groups in total. The molecule has 3 aromatic rings. The van der Waals surface area contributed by atoms with E-state index in [1.807, 2.05) is 31.2 Å². The normalized spacial score (nSPS) is 10.4. The Labute approximate surface area is 224 Å². The molecule has 0 saturated heterocycles. The van der Waals surface area contributed by atoms with Crippen LogP contribution < -0.4 is 16.8 Å². The van der Waals surface area contributed by atoms with Gasteiger partial charge in [0.25, 0.3) is 0 Å². The molecule has 1 amide bonds. The van der Waals surface area contributed by atoms with Crippen molar-refractivity contribution >= 4 is 42.4 Å². The Morgan fingerprint density at radius 1 is 1.00 bits per heavy atom. The zero-order valence-electron chi connectivity index (χ0n) is 20.7. The van der Waals surface area contributed by atoms with Gasteiger partial charge in [-0.15, -0.1) is 24.8 Å². The van der Waals surface area contributed by atoms with Crippen molar-refractivity contribution in [1.29, 1.82) is 0 Å². The number of aromatic carboxylic acids is 1. The maximum absolute atomic E-state index is 13.0. The summed E-state index contributed by atoms with van der Waals surface area (Å²) in [5.74, 6) is -0.903. The standard InChI is InChI=1S/C27H32N4O3.2ClH/c1-16(2)11-24-23(15-29)26(19-9-7-18(14-28)8-10-19)22(17(3)30-24)13-25(32)31-21-6-4-5-20(12-21)27(33)34;;/h4-10,12,16H,11,13-15,28-29H2,1-3H3,(H,31,32)(H,33,34);2*1H. The van der Waals surface area contributed by atoms with Crippen molar-refractivity contribution in [3.8, 4) is 11.1 Å². The summed E-state index contributed by atoms with van der Waals surface area (Å²) in [7, 11) is 0. The van der Waals surface area contributed by atoms with Gasteiger partial charge in [0, 0.05) is 30.2 Å². The number of aromatic nitrogens is 1. The molecule has 0 atom stereocenters. The van der Waals surface area contributed by atoms with E-state index in [2.05, 4.69) is 19.2 Å². The van der Waals surface area contributed by atoms with Crippen molar-refractivity contribution < 1.29 is 14.7 Å². The molecule has 0 aliphatic heterocycles. The fourth-order valence-corrected chi connectivity index (χ4v) is 4.09. The summed E-state index contributed by atoms with van der Waals surface area (Å²) in [5.41, 5.74) is 18.9. The molecular formula is C27H34Cl2N4O3. The molecule has 0 fully saturated rings. The molecule has 0 radical (unpaired) electrons. The van der Waals surface area contributed by atoms with Crippen molar-refractivity contribution in [1.82, 2.24) is 4.98 Å². The molecule has 0 aliphatic rings. The Balaban J connectivity index is 0.00000324. The molecule has 0 saturated carbocycles. The van der Waals surface area contributed by atoms with Crippen LogP contribution in [0, 0.1) is 12.8 Å². The minimum absolute atomic E-state index is 0. The number of amides is 1. The van der Waals surface area contributed by atoms with Gasteiger partial charge in [-0.3, -0.25) is 9.78 Å². The Morgan fingerprint density at radius 2 is 1.67 bits per heavy atom. The number of aryl methyl sites for hydroxylation is 1. The summed E-state index contributed by atoms with van der Waals surface area (Å²) in [5, 5.41) is 12.0. The summed E-state index contributed by atoms with van der Waals surface area (Å²) < 4.78 is 0. The van der Waals surface area contributed by atoms with Gasteiger partial charge in [0.05, 0.1) is 12.0 Å². The Morgan fingerprint density at radius 3 is 2.22 bits per heavy atom. The predicted molar refractivity (Wildman–Crippen MR) is 149 cm³/mol. The average Bonchev–Trinajstić information content (AvgIpc) is 2.80. The van der Waals surface area contributed by atoms with Crippen LogP contribution in [0.3, 0.4) is 0 Å². The minimum Gasteiger partial charge on any atom is -0.478 e. The van der Waals surface area contributed by atoms with E-state index in [0.29, 0.717) is 24.7 Å². The van der Waals surface area contributed by atoms with E-state index in [4.69, 9.17) is 16.5 Å². The topological polar surface area (TPSA) is 131 Å². The Hall–Kier alpha value is -2.97. The maximum Gasteiger partial charge on any atom is 0.335 e. The van der Waals surface area contributed by atoms with Crippen molar-refractivity contribution in [2.75, 3.05) is 5.32 Å². The number of hydrogen-bond acceptors (Lipinski definition) is 5. The second kappa shape index (κ2) is 13.9. The van der Waals surface area contributed by atoms with Crippen LogP contribution in [0.25, 0.3) is 11.1 Å². The molecule has 0 unspecified atom stereocenters. The van der Waals surface area contributed by atoms with Gasteiger partial charge in [-0.1, -0.05) is 44.2 Å². The lowest BCUT2D eigenvalue weighted by Gasteiger charge is -2.21. The van der Waals surface area contributed by atoms with E-state index in [9.17, 15) is 14.7 Å². The molecule has 0 bridgehead atoms. The third-order valence-corrected chi connectivity index (χ3v) is 5.71. The number of nitrogens with zero attached hydrogens (tertiary/aromatic N) is 1. The average molecular weight is 534 g/mol. The van der Waals surface area contributed by atoms with Crippen LogP contribution in [0.4, 0.5) is 5.69 Å². The zero-order valence-corrected chi connectivity index (χ0v) is 22.3. The van der Waals surface area contributed by atoms with Crippen molar-refractivity contribution in [2.24, 2.45) is 17.4 Å². The molecule has 1 heterocycles. The smallest absolute Gasteiger partial charge is 0.335 e. The van der Waals surface area contributed by atoms with Crippen LogP contribution >= 0.6 is 24.8 Å². The number of carboxylic acids is 1. The van der Waals surface area contributed by atoms with Gasteiger partial charge in [-0.25, -0.2) is 4.79 Å².